The van der Waals surface area contributed by atoms with Gasteiger partial charge in [-0.3, -0.25) is 4.79 Å². The Balaban J connectivity index is 2.51. The fourth-order valence-electron chi connectivity index (χ4n) is 1.49. The third-order valence-electron chi connectivity index (χ3n) is 2.33. The number of carbonyl (C=O) groups excluding carboxylic acids is 1. The summed E-state index contributed by atoms with van der Waals surface area (Å²) in [5.74, 6) is -0.904. The number of halogens is 1. The lowest BCUT2D eigenvalue weighted by atomic mass is 9.75. The van der Waals surface area contributed by atoms with Crippen LogP contribution in [0.1, 0.15) is 12.8 Å². The quantitative estimate of drug-likeness (QED) is 0.527. The van der Waals surface area contributed by atoms with Crippen molar-refractivity contribution in [1.29, 1.82) is 0 Å². The summed E-state index contributed by atoms with van der Waals surface area (Å²) < 4.78 is 25.9. The molecule has 1 saturated carbocycles. The van der Waals surface area contributed by atoms with Crippen molar-refractivity contribution < 1.29 is 17.9 Å². The van der Waals surface area contributed by atoms with Crippen molar-refractivity contribution in [2.75, 3.05) is 12.9 Å². The summed E-state index contributed by atoms with van der Waals surface area (Å²) in [5, 5.41) is 0. The molecule has 0 aromatic rings. The summed E-state index contributed by atoms with van der Waals surface area (Å²) in [7, 11) is 2.88. The van der Waals surface area contributed by atoms with Gasteiger partial charge in [-0.15, -0.1) is 0 Å². The van der Waals surface area contributed by atoms with Crippen molar-refractivity contribution in [3.63, 3.8) is 0 Å². The van der Waals surface area contributed by atoms with Crippen LogP contribution < -0.4 is 0 Å². The maximum absolute atomic E-state index is 11.0. The molecule has 2 atom stereocenters. The fourth-order valence-corrected chi connectivity index (χ4v) is 2.88. The Bertz CT molecular complexity index is 298. The molecule has 76 valence electrons. The molecule has 0 amide bonds. The van der Waals surface area contributed by atoms with E-state index in [0.717, 1.165) is 6.42 Å². The summed E-state index contributed by atoms with van der Waals surface area (Å²) >= 11 is 0. The highest BCUT2D eigenvalue weighted by molar-refractivity contribution is 8.13. The number of carbonyl (C=O) groups is 1. The Morgan fingerprint density at radius 2 is 2.15 bits per heavy atom. The molecule has 0 N–H and O–H groups in total. The Hall–Kier alpha value is -0.290. The smallest absolute Gasteiger partial charge is 0.308 e. The van der Waals surface area contributed by atoms with Gasteiger partial charge in [-0.2, -0.15) is 0 Å². The molecule has 0 aromatic heterocycles. The van der Waals surface area contributed by atoms with Gasteiger partial charge in [0.25, 0.3) is 0 Å². The second kappa shape index (κ2) is 3.84. The standard InChI is InChI=1S/C7H11ClO4S/c1-12-7(9)6-3-2-5(6)4-13(8,10)11/h5-6H,2-4H2,1H3/t5-,6-/m1/s1. The lowest BCUT2D eigenvalue weighted by Gasteiger charge is -2.33. The Kier molecular flexibility index (Phi) is 3.18. The van der Waals surface area contributed by atoms with E-state index in [4.69, 9.17) is 10.7 Å². The average Bonchev–Trinajstić information content (AvgIpc) is 1.96. The van der Waals surface area contributed by atoms with Gasteiger partial charge in [-0.25, -0.2) is 8.42 Å². The van der Waals surface area contributed by atoms with E-state index in [9.17, 15) is 13.2 Å². The van der Waals surface area contributed by atoms with Crippen LogP contribution >= 0.6 is 10.7 Å². The monoisotopic (exact) mass is 226 g/mol. The number of esters is 1. The van der Waals surface area contributed by atoms with Crippen LogP contribution in [0.15, 0.2) is 0 Å². The van der Waals surface area contributed by atoms with Crippen LogP contribution in [0.2, 0.25) is 0 Å². The van der Waals surface area contributed by atoms with E-state index in [1.807, 2.05) is 0 Å². The largest absolute Gasteiger partial charge is 0.469 e. The van der Waals surface area contributed by atoms with Gasteiger partial charge in [0.1, 0.15) is 0 Å². The van der Waals surface area contributed by atoms with E-state index >= 15 is 0 Å². The van der Waals surface area contributed by atoms with Gasteiger partial charge in [0.15, 0.2) is 0 Å². The van der Waals surface area contributed by atoms with Crippen LogP contribution in [0.3, 0.4) is 0 Å². The van der Waals surface area contributed by atoms with Crippen molar-refractivity contribution in [3.8, 4) is 0 Å². The topological polar surface area (TPSA) is 60.4 Å². The second-order valence-corrected chi connectivity index (χ2v) is 5.99. The third kappa shape index (κ3) is 2.84. The molecular formula is C7H11ClO4S. The zero-order valence-electron chi connectivity index (χ0n) is 7.20. The predicted molar refractivity (Wildman–Crippen MR) is 47.9 cm³/mol. The maximum Gasteiger partial charge on any atom is 0.308 e. The molecule has 0 aliphatic heterocycles. The zero-order chi connectivity index (χ0) is 10.1. The van der Waals surface area contributed by atoms with Crippen molar-refractivity contribution in [1.82, 2.24) is 0 Å². The molecule has 1 aliphatic rings. The molecule has 1 rings (SSSR count). The van der Waals surface area contributed by atoms with E-state index in [0.29, 0.717) is 6.42 Å². The first-order valence-corrected chi connectivity index (χ1v) is 6.42. The summed E-state index contributed by atoms with van der Waals surface area (Å²) in [6.07, 6.45) is 1.43. The molecule has 1 fully saturated rings. The SMILES string of the molecule is COC(=O)[C@@H]1CC[C@@H]1CS(=O)(=O)Cl. The molecule has 0 saturated heterocycles. The maximum atomic E-state index is 11.0. The molecule has 6 heteroatoms. The van der Waals surface area contributed by atoms with Crippen molar-refractivity contribution >= 4 is 25.7 Å². The number of methoxy groups -OCH3 is 1. The first-order valence-electron chi connectivity index (χ1n) is 3.94. The normalized spacial score (nSPS) is 27.8. The van der Waals surface area contributed by atoms with Gasteiger partial charge in [0, 0.05) is 10.7 Å². The number of hydrogen-bond donors (Lipinski definition) is 0. The molecule has 0 radical (unpaired) electrons. The van der Waals surface area contributed by atoms with E-state index in [-0.39, 0.29) is 23.6 Å². The average molecular weight is 227 g/mol. The first kappa shape index (κ1) is 10.8. The van der Waals surface area contributed by atoms with E-state index in [2.05, 4.69) is 4.74 Å². The summed E-state index contributed by atoms with van der Waals surface area (Å²) in [5.41, 5.74) is 0. The van der Waals surface area contributed by atoms with Gasteiger partial charge in [-0.05, 0) is 18.8 Å². The molecular weight excluding hydrogens is 216 g/mol. The van der Waals surface area contributed by atoms with Gasteiger partial charge in [-0.1, -0.05) is 0 Å². The van der Waals surface area contributed by atoms with Crippen LogP contribution in [-0.2, 0) is 18.6 Å². The molecule has 1 aliphatic carbocycles. The minimum atomic E-state index is -3.49. The Morgan fingerprint density at radius 1 is 1.54 bits per heavy atom. The van der Waals surface area contributed by atoms with Crippen molar-refractivity contribution in [3.05, 3.63) is 0 Å². The molecule has 13 heavy (non-hydrogen) atoms. The number of ether oxygens (including phenoxy) is 1. The van der Waals surface area contributed by atoms with Gasteiger partial charge >= 0.3 is 5.97 Å². The van der Waals surface area contributed by atoms with Crippen LogP contribution in [-0.4, -0.2) is 27.2 Å². The Labute approximate surface area is 81.6 Å². The van der Waals surface area contributed by atoms with E-state index in [1.165, 1.54) is 7.11 Å². The van der Waals surface area contributed by atoms with Crippen LogP contribution in [0.25, 0.3) is 0 Å². The summed E-state index contributed by atoms with van der Waals surface area (Å²) in [4.78, 5) is 11.0. The van der Waals surface area contributed by atoms with Crippen LogP contribution in [0.5, 0.6) is 0 Å². The third-order valence-corrected chi connectivity index (χ3v) is 3.54. The number of rotatable bonds is 3. The fraction of sp³-hybridized carbons (Fsp3) is 0.857. The molecule has 4 nitrogen and oxygen atoms in total. The van der Waals surface area contributed by atoms with Crippen molar-refractivity contribution in [2.45, 2.75) is 12.8 Å². The Morgan fingerprint density at radius 3 is 2.46 bits per heavy atom. The first-order chi connectivity index (χ1) is 5.94. The van der Waals surface area contributed by atoms with Crippen LogP contribution in [0.4, 0.5) is 0 Å². The van der Waals surface area contributed by atoms with Gasteiger partial charge in [0.05, 0.1) is 18.8 Å². The highest BCUT2D eigenvalue weighted by Gasteiger charge is 2.39. The van der Waals surface area contributed by atoms with Gasteiger partial charge < -0.3 is 4.74 Å². The van der Waals surface area contributed by atoms with Gasteiger partial charge in [0.2, 0.25) is 9.05 Å². The molecule has 0 unspecified atom stereocenters. The predicted octanol–water partition coefficient (Wildman–Crippen LogP) is 0.754. The lowest BCUT2D eigenvalue weighted by molar-refractivity contribution is -0.150. The minimum absolute atomic E-state index is 0.131. The highest BCUT2D eigenvalue weighted by atomic mass is 35.7. The molecule has 0 heterocycles. The lowest BCUT2D eigenvalue weighted by Crippen LogP contribution is -2.37. The van der Waals surface area contributed by atoms with Crippen molar-refractivity contribution in [2.24, 2.45) is 11.8 Å². The van der Waals surface area contributed by atoms with Crippen LogP contribution in [0, 0.1) is 11.8 Å². The molecule has 0 spiro atoms. The zero-order valence-corrected chi connectivity index (χ0v) is 8.77. The minimum Gasteiger partial charge on any atom is -0.469 e. The van der Waals surface area contributed by atoms with E-state index in [1.54, 1.807) is 0 Å². The highest BCUT2D eigenvalue weighted by Crippen LogP contribution is 2.36. The molecule has 0 bridgehead atoms. The number of hydrogen-bond acceptors (Lipinski definition) is 4. The summed E-state index contributed by atoms with van der Waals surface area (Å²) in [6.45, 7) is 0. The summed E-state index contributed by atoms with van der Waals surface area (Å²) in [6, 6.07) is 0. The van der Waals surface area contributed by atoms with E-state index < -0.39 is 9.05 Å². The second-order valence-electron chi connectivity index (χ2n) is 3.17. The molecule has 0 aromatic carbocycles.